The third kappa shape index (κ3) is 4.21. The zero-order valence-electron chi connectivity index (χ0n) is 15.4. The van der Waals surface area contributed by atoms with Crippen molar-refractivity contribution in [2.24, 2.45) is 5.92 Å². The van der Waals surface area contributed by atoms with E-state index in [0.717, 1.165) is 30.5 Å². The van der Waals surface area contributed by atoms with E-state index in [0.29, 0.717) is 17.6 Å². The molecule has 1 aliphatic carbocycles. The Morgan fingerprint density at radius 2 is 2.04 bits per heavy atom. The minimum absolute atomic E-state index is 0.0557. The van der Waals surface area contributed by atoms with E-state index in [-0.39, 0.29) is 17.9 Å². The van der Waals surface area contributed by atoms with Gasteiger partial charge in [0.15, 0.2) is 6.61 Å². The van der Waals surface area contributed by atoms with E-state index in [9.17, 15) is 4.79 Å². The lowest BCUT2D eigenvalue weighted by atomic mass is 9.87. The molecule has 0 spiro atoms. The maximum Gasteiger partial charge on any atom is 0.264 e. The second-order valence-corrected chi connectivity index (χ2v) is 7.90. The van der Waals surface area contributed by atoms with Crippen molar-refractivity contribution in [3.63, 3.8) is 0 Å². The molecule has 0 fully saturated rings. The van der Waals surface area contributed by atoms with Crippen LogP contribution in [0.15, 0.2) is 28.8 Å². The van der Waals surface area contributed by atoms with Crippen LogP contribution in [-0.2, 0) is 23.1 Å². The summed E-state index contributed by atoms with van der Waals surface area (Å²) in [7, 11) is 0. The van der Waals surface area contributed by atoms with Crippen molar-refractivity contribution >= 4 is 11.8 Å². The van der Waals surface area contributed by atoms with Gasteiger partial charge in [-0.1, -0.05) is 45.0 Å². The molecule has 5 nitrogen and oxygen atoms in total. The van der Waals surface area contributed by atoms with Crippen molar-refractivity contribution in [1.82, 2.24) is 5.16 Å². The van der Waals surface area contributed by atoms with Crippen LogP contribution in [0.1, 0.15) is 50.9 Å². The molecule has 0 radical (unpaired) electrons. The molecule has 0 saturated carbocycles. The fourth-order valence-corrected chi connectivity index (χ4v) is 3.04. The van der Waals surface area contributed by atoms with E-state index >= 15 is 0 Å². The summed E-state index contributed by atoms with van der Waals surface area (Å²) >= 11 is 0. The maximum atomic E-state index is 12.2. The van der Waals surface area contributed by atoms with Gasteiger partial charge in [0.1, 0.15) is 5.75 Å². The van der Waals surface area contributed by atoms with Crippen LogP contribution in [0.3, 0.4) is 0 Å². The number of carbonyl (C=O) groups excluding carboxylic acids is 1. The Bertz CT molecular complexity index is 741. The average molecular weight is 342 g/mol. The first-order valence-electron chi connectivity index (χ1n) is 8.83. The second-order valence-electron chi connectivity index (χ2n) is 7.90. The summed E-state index contributed by atoms with van der Waals surface area (Å²) in [6.07, 6.45) is 2.91. The Labute approximate surface area is 148 Å². The van der Waals surface area contributed by atoms with Gasteiger partial charge in [0, 0.05) is 5.56 Å². The fraction of sp³-hybridized carbons (Fsp3) is 0.500. The summed E-state index contributed by atoms with van der Waals surface area (Å²) in [5.74, 6) is 1.49. The molecule has 1 aliphatic rings. The molecular weight excluding hydrogens is 316 g/mol. The number of nitrogens with zero attached hydrogens (tertiary/aromatic N) is 1. The number of aryl methyl sites for hydroxylation is 1. The number of benzene rings is 1. The molecule has 5 heteroatoms. The summed E-state index contributed by atoms with van der Waals surface area (Å²) in [4.78, 5) is 12.2. The smallest absolute Gasteiger partial charge is 0.264 e. The lowest BCUT2D eigenvalue weighted by Gasteiger charge is -2.19. The van der Waals surface area contributed by atoms with Gasteiger partial charge in [-0.15, -0.1) is 0 Å². The molecule has 1 amide bonds. The first kappa shape index (κ1) is 17.5. The molecular formula is C20H26N2O3. The van der Waals surface area contributed by atoms with E-state index in [4.69, 9.17) is 9.26 Å². The Kier molecular flexibility index (Phi) is 4.84. The van der Waals surface area contributed by atoms with Crippen molar-refractivity contribution in [1.29, 1.82) is 0 Å². The summed E-state index contributed by atoms with van der Waals surface area (Å²) in [6, 6.07) is 7.85. The molecule has 1 aromatic carbocycles. The van der Waals surface area contributed by atoms with Crippen LogP contribution in [0.2, 0.25) is 0 Å². The normalized spacial score (nSPS) is 17.0. The molecule has 1 atom stereocenters. The highest BCUT2D eigenvalue weighted by molar-refractivity contribution is 5.91. The molecule has 1 aromatic heterocycles. The summed E-state index contributed by atoms with van der Waals surface area (Å²) < 4.78 is 10.9. The number of hydrogen-bond acceptors (Lipinski definition) is 4. The van der Waals surface area contributed by atoms with Gasteiger partial charge in [-0.25, -0.2) is 0 Å². The number of fused-ring (bicyclic) bond motifs is 1. The number of ether oxygens (including phenoxy) is 1. The topological polar surface area (TPSA) is 64.4 Å². The van der Waals surface area contributed by atoms with Crippen LogP contribution in [0.4, 0.5) is 5.88 Å². The number of carbonyl (C=O) groups is 1. The fourth-order valence-electron chi connectivity index (χ4n) is 3.04. The largest absolute Gasteiger partial charge is 0.484 e. The van der Waals surface area contributed by atoms with Gasteiger partial charge in [0.25, 0.3) is 5.91 Å². The number of hydrogen-bond donors (Lipinski definition) is 1. The molecule has 0 bridgehead atoms. The Morgan fingerprint density at radius 1 is 1.32 bits per heavy atom. The van der Waals surface area contributed by atoms with Crippen molar-refractivity contribution in [3.05, 3.63) is 41.1 Å². The molecule has 25 heavy (non-hydrogen) atoms. The van der Waals surface area contributed by atoms with Crippen molar-refractivity contribution in [3.8, 4) is 5.75 Å². The van der Waals surface area contributed by atoms with E-state index in [2.05, 4.69) is 38.2 Å². The third-order valence-electron chi connectivity index (χ3n) is 4.64. The predicted octanol–water partition coefficient (Wildman–Crippen LogP) is 4.11. The summed E-state index contributed by atoms with van der Waals surface area (Å²) in [5.41, 5.74) is 3.32. The van der Waals surface area contributed by atoms with Gasteiger partial charge >= 0.3 is 0 Å². The van der Waals surface area contributed by atoms with Crippen molar-refractivity contribution in [2.75, 3.05) is 11.9 Å². The molecule has 2 aromatic rings. The summed E-state index contributed by atoms with van der Waals surface area (Å²) in [6.45, 7) is 8.63. The second kappa shape index (κ2) is 6.90. The first-order valence-corrected chi connectivity index (χ1v) is 8.83. The quantitative estimate of drug-likeness (QED) is 0.908. The number of amides is 1. The highest BCUT2D eigenvalue weighted by Gasteiger charge is 2.24. The van der Waals surface area contributed by atoms with Gasteiger partial charge in [-0.3, -0.25) is 10.1 Å². The molecule has 0 aliphatic heterocycles. The van der Waals surface area contributed by atoms with Crippen LogP contribution >= 0.6 is 0 Å². The lowest BCUT2D eigenvalue weighted by molar-refractivity contribution is -0.118. The number of rotatable bonds is 4. The standard InChI is InChI=1S/C20H26N2O3/c1-13-5-10-17-16(11-13)19(25-22-17)21-18(23)12-24-15-8-6-14(7-9-15)20(2,3)4/h6-9,13H,5,10-12H2,1-4H3,(H,21,23)/t13-/m1/s1. The SMILES string of the molecule is C[C@@H]1CCc2noc(NC(=O)COc3ccc(C(C)(C)C)cc3)c2C1. The van der Waals surface area contributed by atoms with Crippen molar-refractivity contribution in [2.45, 2.75) is 52.4 Å². The predicted molar refractivity (Wildman–Crippen MR) is 97.0 cm³/mol. The van der Waals surface area contributed by atoms with Crippen molar-refractivity contribution < 1.29 is 14.1 Å². The van der Waals surface area contributed by atoms with Gasteiger partial charge in [-0.05, 0) is 48.3 Å². The van der Waals surface area contributed by atoms with Gasteiger partial charge in [-0.2, -0.15) is 0 Å². The molecule has 1 heterocycles. The zero-order valence-corrected chi connectivity index (χ0v) is 15.4. The Hall–Kier alpha value is -2.30. The Balaban J connectivity index is 1.56. The number of anilines is 1. The van der Waals surface area contributed by atoms with Gasteiger partial charge in [0.2, 0.25) is 5.88 Å². The zero-order chi connectivity index (χ0) is 18.0. The maximum absolute atomic E-state index is 12.2. The molecule has 134 valence electrons. The van der Waals surface area contributed by atoms with Gasteiger partial charge in [0.05, 0.1) is 5.69 Å². The van der Waals surface area contributed by atoms with E-state index in [1.54, 1.807) is 0 Å². The van der Waals surface area contributed by atoms with Gasteiger partial charge < -0.3 is 9.26 Å². The molecule has 3 rings (SSSR count). The van der Waals surface area contributed by atoms with Crippen LogP contribution in [0.25, 0.3) is 0 Å². The van der Waals surface area contributed by atoms with Crippen LogP contribution in [0, 0.1) is 5.92 Å². The van der Waals surface area contributed by atoms with E-state index in [1.807, 2.05) is 24.3 Å². The van der Waals surface area contributed by atoms with E-state index < -0.39 is 0 Å². The minimum atomic E-state index is -0.239. The highest BCUT2D eigenvalue weighted by Crippen LogP contribution is 2.30. The molecule has 0 unspecified atom stereocenters. The minimum Gasteiger partial charge on any atom is -0.484 e. The number of nitrogens with one attached hydrogen (secondary N) is 1. The van der Waals surface area contributed by atoms with Crippen LogP contribution in [-0.4, -0.2) is 17.7 Å². The van der Waals surface area contributed by atoms with E-state index in [1.165, 1.54) is 5.56 Å². The monoisotopic (exact) mass is 342 g/mol. The van der Waals surface area contributed by atoms with Crippen LogP contribution < -0.4 is 10.1 Å². The third-order valence-corrected chi connectivity index (χ3v) is 4.64. The highest BCUT2D eigenvalue weighted by atomic mass is 16.5. The molecule has 0 saturated heterocycles. The van der Waals surface area contributed by atoms with Crippen LogP contribution in [0.5, 0.6) is 5.75 Å². The Morgan fingerprint density at radius 3 is 2.72 bits per heavy atom. The average Bonchev–Trinajstić information content (AvgIpc) is 2.95. The lowest BCUT2D eigenvalue weighted by Crippen LogP contribution is -2.21. The summed E-state index contributed by atoms with van der Waals surface area (Å²) in [5, 5.41) is 6.85. The first-order chi connectivity index (χ1) is 11.8. The molecule has 1 N–H and O–H groups in total. The number of aromatic nitrogens is 1.